The molecule has 0 bridgehead atoms. The van der Waals surface area contributed by atoms with Crippen LogP contribution in [-0.4, -0.2) is 24.7 Å². The van der Waals surface area contributed by atoms with Crippen molar-refractivity contribution in [2.24, 2.45) is 0 Å². The molecule has 0 atom stereocenters. The van der Waals surface area contributed by atoms with Crippen molar-refractivity contribution in [2.45, 2.75) is 36.0 Å². The van der Waals surface area contributed by atoms with Crippen LogP contribution in [0.4, 0.5) is 69.7 Å². The molecule has 15 heteroatoms. The summed E-state index contributed by atoms with van der Waals surface area (Å²) in [4.78, 5) is 0. The fourth-order valence-electron chi connectivity index (χ4n) is 3.70. The van der Waals surface area contributed by atoms with Gasteiger partial charge in [-0.2, -0.15) is 52.7 Å². The van der Waals surface area contributed by atoms with Crippen LogP contribution in [0.3, 0.4) is 0 Å². The number of hydrogen-bond acceptors (Lipinski definition) is 3. The Hall–Kier alpha value is -3.78. The summed E-state index contributed by atoms with van der Waals surface area (Å²) in [5, 5.41) is 0. The maximum absolute atomic E-state index is 13.7. The third kappa shape index (κ3) is 6.81. The van der Waals surface area contributed by atoms with Crippen molar-refractivity contribution in [1.29, 1.82) is 0 Å². The van der Waals surface area contributed by atoms with Crippen LogP contribution in [0, 0.1) is 0 Å². The van der Waals surface area contributed by atoms with Crippen molar-refractivity contribution in [2.75, 3.05) is 17.2 Å². The zero-order valence-electron chi connectivity index (χ0n) is 19.3. The van der Waals surface area contributed by atoms with Crippen molar-refractivity contribution in [3.8, 4) is 0 Å². The highest BCUT2D eigenvalue weighted by atomic mass is 19.4. The van der Waals surface area contributed by atoms with E-state index in [0.29, 0.717) is 0 Å². The molecule has 3 aromatic carbocycles. The van der Waals surface area contributed by atoms with Crippen LogP contribution >= 0.6 is 0 Å². The van der Waals surface area contributed by atoms with E-state index in [1.807, 2.05) is 0 Å². The second-order valence-corrected chi connectivity index (χ2v) is 8.17. The highest BCUT2D eigenvalue weighted by Gasteiger charge is 2.72. The zero-order chi connectivity index (χ0) is 30.0. The Morgan fingerprint density at radius 3 is 0.897 bits per heavy atom. The highest BCUT2D eigenvalue weighted by molar-refractivity contribution is 5.51. The fraction of sp³-hybridized carbons (Fsp3) is 0.250. The van der Waals surface area contributed by atoms with E-state index in [4.69, 9.17) is 17.2 Å². The van der Waals surface area contributed by atoms with Crippen molar-refractivity contribution in [3.63, 3.8) is 0 Å². The Balaban J connectivity index is 0.000000293. The summed E-state index contributed by atoms with van der Waals surface area (Å²) in [6.45, 7) is 0. The van der Waals surface area contributed by atoms with Crippen LogP contribution in [-0.2, 0) is 5.41 Å². The van der Waals surface area contributed by atoms with Crippen molar-refractivity contribution in [1.82, 2.24) is 0 Å². The van der Waals surface area contributed by atoms with Crippen LogP contribution in [0.2, 0.25) is 0 Å². The molecule has 0 aliphatic rings. The first-order valence-electron chi connectivity index (χ1n) is 10.5. The molecule has 3 nitrogen and oxygen atoms in total. The molecule has 0 aliphatic carbocycles. The molecular formula is C24H19F12N3. The van der Waals surface area contributed by atoms with Gasteiger partial charge in [0.05, 0.1) is 0 Å². The number of rotatable bonds is 3. The summed E-state index contributed by atoms with van der Waals surface area (Å²) >= 11 is 0. The van der Waals surface area contributed by atoms with E-state index in [9.17, 15) is 52.7 Å². The van der Waals surface area contributed by atoms with Gasteiger partial charge >= 0.3 is 24.7 Å². The Morgan fingerprint density at radius 1 is 0.410 bits per heavy atom. The topological polar surface area (TPSA) is 78.1 Å². The Bertz CT molecular complexity index is 1130. The van der Waals surface area contributed by atoms with E-state index in [0.717, 1.165) is 72.8 Å². The van der Waals surface area contributed by atoms with Crippen molar-refractivity contribution < 1.29 is 52.7 Å². The minimum atomic E-state index is -5.61. The van der Waals surface area contributed by atoms with Gasteiger partial charge < -0.3 is 17.2 Å². The van der Waals surface area contributed by atoms with E-state index < -0.39 is 52.7 Å². The number of alkyl halides is 12. The van der Waals surface area contributed by atoms with Gasteiger partial charge in [0.25, 0.3) is 0 Å². The molecule has 0 spiro atoms. The number of benzene rings is 3. The number of anilines is 3. The standard InChI is InChI=1S/C15H12F6N2.C9H7F6N/c16-14(17,18)13(15(19,20)21,9-1-5-11(22)6-2-9)10-3-7-12(23)8-4-10;10-8(11,12)7(9(13,14)15)5-1-3-6(16)4-2-5/h1-8H,22-23H2;1-4,7H,16H2. The Morgan fingerprint density at radius 2 is 0.667 bits per heavy atom. The van der Waals surface area contributed by atoms with Crippen molar-refractivity contribution >= 4 is 17.1 Å². The quantitative estimate of drug-likeness (QED) is 0.220. The first-order chi connectivity index (χ1) is 17.6. The maximum atomic E-state index is 13.7. The number of hydrogen-bond donors (Lipinski definition) is 3. The lowest BCUT2D eigenvalue weighted by Gasteiger charge is -2.38. The first kappa shape index (κ1) is 31.4. The normalized spacial score (nSPS) is 13.2. The zero-order valence-corrected chi connectivity index (χ0v) is 19.3. The van der Waals surface area contributed by atoms with Gasteiger partial charge in [0.15, 0.2) is 5.92 Å². The number of halogens is 12. The molecule has 0 radical (unpaired) electrons. The van der Waals surface area contributed by atoms with Crippen LogP contribution in [0.25, 0.3) is 0 Å². The molecule has 3 rings (SSSR count). The van der Waals surface area contributed by atoms with Crippen LogP contribution in [0.15, 0.2) is 72.8 Å². The fourth-order valence-corrected chi connectivity index (χ4v) is 3.70. The SMILES string of the molecule is Nc1ccc(C(C(F)(F)F)C(F)(F)F)cc1.Nc1ccc(C(c2ccc(N)cc2)(C(F)(F)F)C(F)(F)F)cc1. The first-order valence-corrected chi connectivity index (χ1v) is 10.5. The lowest BCUT2D eigenvalue weighted by atomic mass is 9.73. The summed E-state index contributed by atoms with van der Waals surface area (Å²) in [6, 6.07) is 10.4. The van der Waals surface area contributed by atoms with E-state index in [1.165, 1.54) is 0 Å². The lowest BCUT2D eigenvalue weighted by molar-refractivity contribution is -0.288. The summed E-state index contributed by atoms with van der Waals surface area (Å²) in [5.41, 5.74) is 9.19. The van der Waals surface area contributed by atoms with Gasteiger partial charge in [0, 0.05) is 17.1 Å². The minimum absolute atomic E-state index is 0.0595. The minimum Gasteiger partial charge on any atom is -0.399 e. The number of nitrogen functional groups attached to an aromatic ring is 3. The van der Waals surface area contributed by atoms with Crippen LogP contribution in [0.1, 0.15) is 22.6 Å². The monoisotopic (exact) mass is 577 g/mol. The average Bonchev–Trinajstić information content (AvgIpc) is 2.75. The predicted molar refractivity (Wildman–Crippen MR) is 120 cm³/mol. The van der Waals surface area contributed by atoms with Crippen LogP contribution in [0.5, 0.6) is 0 Å². The smallest absolute Gasteiger partial charge is 0.399 e. The third-order valence-corrected chi connectivity index (χ3v) is 5.46. The Kier molecular flexibility index (Phi) is 8.68. The molecule has 0 fully saturated rings. The highest BCUT2D eigenvalue weighted by Crippen LogP contribution is 2.56. The van der Waals surface area contributed by atoms with Gasteiger partial charge in [0.2, 0.25) is 5.41 Å². The molecule has 0 saturated heterocycles. The van der Waals surface area contributed by atoms with E-state index in [1.54, 1.807) is 0 Å². The summed E-state index contributed by atoms with van der Waals surface area (Å²) < 4.78 is 155. The molecular weight excluding hydrogens is 558 g/mol. The van der Waals surface area contributed by atoms with Gasteiger partial charge in [-0.1, -0.05) is 36.4 Å². The van der Waals surface area contributed by atoms with E-state index in [-0.39, 0.29) is 17.1 Å². The molecule has 6 N–H and O–H groups in total. The van der Waals surface area contributed by atoms with Gasteiger partial charge in [-0.3, -0.25) is 0 Å². The van der Waals surface area contributed by atoms with Gasteiger partial charge in [-0.25, -0.2) is 0 Å². The van der Waals surface area contributed by atoms with Gasteiger partial charge in [-0.15, -0.1) is 0 Å². The molecule has 0 amide bonds. The van der Waals surface area contributed by atoms with E-state index in [2.05, 4.69) is 0 Å². The van der Waals surface area contributed by atoms with Crippen molar-refractivity contribution in [3.05, 3.63) is 89.5 Å². The van der Waals surface area contributed by atoms with Crippen LogP contribution < -0.4 is 17.2 Å². The molecule has 0 unspecified atom stereocenters. The molecule has 0 heterocycles. The largest absolute Gasteiger partial charge is 0.411 e. The maximum Gasteiger partial charge on any atom is 0.411 e. The predicted octanol–water partition coefficient (Wildman–Crippen LogP) is 7.74. The molecule has 3 aromatic rings. The number of nitrogens with two attached hydrogens (primary N) is 3. The summed E-state index contributed by atoms with van der Waals surface area (Å²) in [6.07, 6.45) is -22.0. The lowest BCUT2D eigenvalue weighted by Crippen LogP contribution is -2.54. The molecule has 39 heavy (non-hydrogen) atoms. The second kappa shape index (κ2) is 10.8. The second-order valence-electron chi connectivity index (χ2n) is 8.17. The molecule has 0 aromatic heterocycles. The molecule has 0 aliphatic heterocycles. The molecule has 0 saturated carbocycles. The summed E-state index contributed by atoms with van der Waals surface area (Å²) in [7, 11) is 0. The summed E-state index contributed by atoms with van der Waals surface area (Å²) in [5.74, 6) is -3.47. The average molecular weight is 577 g/mol. The third-order valence-electron chi connectivity index (χ3n) is 5.46. The molecule has 214 valence electrons. The Labute approximate surface area is 213 Å². The van der Waals surface area contributed by atoms with Gasteiger partial charge in [-0.05, 0) is 53.1 Å². The van der Waals surface area contributed by atoms with E-state index >= 15 is 0 Å². The van der Waals surface area contributed by atoms with Gasteiger partial charge in [0.1, 0.15) is 0 Å².